The lowest BCUT2D eigenvalue weighted by atomic mass is 9.97. The van der Waals surface area contributed by atoms with E-state index in [2.05, 4.69) is 36.3 Å². The van der Waals surface area contributed by atoms with Crippen LogP contribution in [-0.4, -0.2) is 23.7 Å². The van der Waals surface area contributed by atoms with Crippen molar-refractivity contribution in [2.24, 2.45) is 5.10 Å². The van der Waals surface area contributed by atoms with Crippen LogP contribution in [0.3, 0.4) is 0 Å². The quantitative estimate of drug-likeness (QED) is 0.815. The second kappa shape index (κ2) is 7.51. The van der Waals surface area contributed by atoms with E-state index in [1.54, 1.807) is 12.1 Å². The molecule has 0 fully saturated rings. The normalized spacial score (nSPS) is 16.7. The van der Waals surface area contributed by atoms with Crippen LogP contribution in [0.2, 0.25) is 0 Å². The number of methoxy groups -OCH3 is 1. The molecule has 2 aromatic rings. The van der Waals surface area contributed by atoms with E-state index < -0.39 is 0 Å². The number of nitrogens with zero attached hydrogens (tertiary/aromatic N) is 2. The van der Waals surface area contributed by atoms with Crippen molar-refractivity contribution >= 4 is 11.6 Å². The van der Waals surface area contributed by atoms with E-state index in [1.807, 2.05) is 31.2 Å². The highest BCUT2D eigenvalue weighted by Crippen LogP contribution is 2.34. The highest BCUT2D eigenvalue weighted by atomic mass is 16.5. The first-order valence-electron chi connectivity index (χ1n) is 8.79. The zero-order chi connectivity index (χ0) is 17.8. The molecule has 0 N–H and O–H groups in total. The molecule has 1 aliphatic rings. The van der Waals surface area contributed by atoms with Crippen molar-refractivity contribution in [2.75, 3.05) is 7.11 Å². The fourth-order valence-corrected chi connectivity index (χ4v) is 3.11. The Bertz CT molecular complexity index is 781. The Balaban J connectivity index is 1.93. The van der Waals surface area contributed by atoms with Crippen molar-refractivity contribution in [1.82, 2.24) is 5.01 Å². The highest BCUT2D eigenvalue weighted by Gasteiger charge is 2.32. The van der Waals surface area contributed by atoms with Gasteiger partial charge < -0.3 is 4.74 Å². The van der Waals surface area contributed by atoms with E-state index in [9.17, 15) is 4.79 Å². The van der Waals surface area contributed by atoms with E-state index in [4.69, 9.17) is 4.74 Å². The number of hydrazone groups is 1. The fourth-order valence-electron chi connectivity index (χ4n) is 3.11. The third-order valence-electron chi connectivity index (χ3n) is 4.64. The topological polar surface area (TPSA) is 41.9 Å². The van der Waals surface area contributed by atoms with E-state index in [0.717, 1.165) is 29.0 Å². The monoisotopic (exact) mass is 336 g/mol. The van der Waals surface area contributed by atoms with Crippen LogP contribution in [0, 0.1) is 0 Å². The van der Waals surface area contributed by atoms with Gasteiger partial charge >= 0.3 is 0 Å². The SMILES string of the molecule is CCC(=O)N1N=C(c2cccc(OC)c2)CC1c1ccc(CC)cc1. The fraction of sp³-hybridized carbons (Fsp3) is 0.333. The molecule has 130 valence electrons. The van der Waals surface area contributed by atoms with Crippen molar-refractivity contribution in [3.63, 3.8) is 0 Å². The predicted octanol–water partition coefficient (Wildman–Crippen LogP) is 4.35. The first-order chi connectivity index (χ1) is 12.2. The largest absolute Gasteiger partial charge is 0.497 e. The van der Waals surface area contributed by atoms with Gasteiger partial charge in [0.1, 0.15) is 5.75 Å². The molecule has 0 spiro atoms. The average molecular weight is 336 g/mol. The smallest absolute Gasteiger partial charge is 0.242 e. The maximum absolute atomic E-state index is 12.4. The average Bonchev–Trinajstić information content (AvgIpc) is 3.13. The van der Waals surface area contributed by atoms with Crippen LogP contribution in [-0.2, 0) is 11.2 Å². The number of carbonyl (C=O) groups is 1. The van der Waals surface area contributed by atoms with Gasteiger partial charge in [0.05, 0.1) is 18.9 Å². The molecule has 25 heavy (non-hydrogen) atoms. The number of rotatable bonds is 5. The Morgan fingerprint density at radius 2 is 1.96 bits per heavy atom. The Hall–Kier alpha value is -2.62. The molecule has 1 unspecified atom stereocenters. The standard InChI is InChI=1S/C21H24N2O2/c1-4-15-9-11-16(12-10-15)20-14-19(22-23(20)21(24)5-2)17-7-6-8-18(13-17)25-3/h6-13,20H,4-5,14H2,1-3H3. The zero-order valence-electron chi connectivity index (χ0n) is 15.0. The third kappa shape index (κ3) is 3.58. The zero-order valence-corrected chi connectivity index (χ0v) is 15.0. The van der Waals surface area contributed by atoms with Gasteiger partial charge in [-0.25, -0.2) is 5.01 Å². The third-order valence-corrected chi connectivity index (χ3v) is 4.64. The summed E-state index contributed by atoms with van der Waals surface area (Å²) < 4.78 is 5.31. The molecule has 3 rings (SSSR count). The Kier molecular flexibility index (Phi) is 5.17. The van der Waals surface area contributed by atoms with Gasteiger partial charge in [0, 0.05) is 18.4 Å². The van der Waals surface area contributed by atoms with Crippen LogP contribution in [0.1, 0.15) is 49.4 Å². The highest BCUT2D eigenvalue weighted by molar-refractivity contribution is 6.03. The molecule has 1 heterocycles. The number of carbonyl (C=O) groups excluding carboxylic acids is 1. The number of amides is 1. The summed E-state index contributed by atoms with van der Waals surface area (Å²) in [4.78, 5) is 12.4. The predicted molar refractivity (Wildman–Crippen MR) is 99.8 cm³/mol. The van der Waals surface area contributed by atoms with Crippen LogP contribution in [0.5, 0.6) is 5.75 Å². The van der Waals surface area contributed by atoms with Crippen LogP contribution in [0.25, 0.3) is 0 Å². The number of benzene rings is 2. The summed E-state index contributed by atoms with van der Waals surface area (Å²) in [6.07, 6.45) is 2.16. The van der Waals surface area contributed by atoms with E-state index in [-0.39, 0.29) is 11.9 Å². The van der Waals surface area contributed by atoms with Crippen molar-refractivity contribution in [2.45, 2.75) is 39.2 Å². The molecular weight excluding hydrogens is 312 g/mol. The van der Waals surface area contributed by atoms with Crippen LogP contribution >= 0.6 is 0 Å². The molecule has 1 atom stereocenters. The first-order valence-corrected chi connectivity index (χ1v) is 8.79. The molecule has 0 bridgehead atoms. The van der Waals surface area contributed by atoms with Gasteiger partial charge in [0.2, 0.25) is 5.91 Å². The summed E-state index contributed by atoms with van der Waals surface area (Å²) in [6.45, 7) is 4.01. The van der Waals surface area contributed by atoms with Gasteiger partial charge in [-0.05, 0) is 29.7 Å². The van der Waals surface area contributed by atoms with E-state index in [1.165, 1.54) is 5.56 Å². The Labute approximate surface area is 149 Å². The number of hydrogen-bond acceptors (Lipinski definition) is 3. The lowest BCUT2D eigenvalue weighted by Crippen LogP contribution is -2.26. The number of ether oxygens (including phenoxy) is 1. The lowest BCUT2D eigenvalue weighted by molar-refractivity contribution is -0.132. The summed E-state index contributed by atoms with van der Waals surface area (Å²) in [5, 5.41) is 6.30. The molecule has 4 heteroatoms. The summed E-state index contributed by atoms with van der Waals surface area (Å²) in [6, 6.07) is 16.3. The molecule has 1 amide bonds. The van der Waals surface area contributed by atoms with Gasteiger partial charge in [-0.15, -0.1) is 0 Å². The van der Waals surface area contributed by atoms with Crippen LogP contribution in [0.4, 0.5) is 0 Å². The molecule has 0 aliphatic carbocycles. The van der Waals surface area contributed by atoms with E-state index >= 15 is 0 Å². The van der Waals surface area contributed by atoms with Gasteiger partial charge in [0.15, 0.2) is 0 Å². The van der Waals surface area contributed by atoms with Crippen molar-refractivity contribution in [1.29, 1.82) is 0 Å². The molecule has 0 saturated heterocycles. The van der Waals surface area contributed by atoms with Gasteiger partial charge in [0.25, 0.3) is 0 Å². The molecule has 1 aliphatic heterocycles. The minimum atomic E-state index is -0.0421. The summed E-state index contributed by atoms with van der Waals surface area (Å²) >= 11 is 0. The molecule has 0 radical (unpaired) electrons. The van der Waals surface area contributed by atoms with Crippen LogP contribution in [0.15, 0.2) is 53.6 Å². The molecule has 2 aromatic carbocycles. The van der Waals surface area contributed by atoms with Gasteiger partial charge in [-0.1, -0.05) is 50.2 Å². The van der Waals surface area contributed by atoms with Gasteiger partial charge in [-0.3, -0.25) is 4.79 Å². The minimum absolute atomic E-state index is 0.0421. The molecular formula is C21H24N2O2. The second-order valence-corrected chi connectivity index (χ2v) is 6.19. The second-order valence-electron chi connectivity index (χ2n) is 6.19. The molecule has 0 aromatic heterocycles. The van der Waals surface area contributed by atoms with Crippen molar-refractivity contribution < 1.29 is 9.53 Å². The van der Waals surface area contributed by atoms with E-state index in [0.29, 0.717) is 12.8 Å². The van der Waals surface area contributed by atoms with Crippen molar-refractivity contribution in [3.8, 4) is 5.75 Å². The Morgan fingerprint density at radius 3 is 2.60 bits per heavy atom. The van der Waals surface area contributed by atoms with Gasteiger partial charge in [-0.2, -0.15) is 5.10 Å². The number of hydrogen-bond donors (Lipinski definition) is 0. The number of aryl methyl sites for hydroxylation is 1. The summed E-state index contributed by atoms with van der Waals surface area (Å²) in [5.41, 5.74) is 4.34. The van der Waals surface area contributed by atoms with Crippen molar-refractivity contribution in [3.05, 3.63) is 65.2 Å². The minimum Gasteiger partial charge on any atom is -0.497 e. The molecule has 0 saturated carbocycles. The summed E-state index contributed by atoms with van der Waals surface area (Å²) in [7, 11) is 1.65. The maximum Gasteiger partial charge on any atom is 0.242 e. The van der Waals surface area contributed by atoms with Crippen LogP contribution < -0.4 is 4.74 Å². The lowest BCUT2D eigenvalue weighted by Gasteiger charge is -2.21. The maximum atomic E-state index is 12.4. The summed E-state index contributed by atoms with van der Waals surface area (Å²) in [5.74, 6) is 0.840. The molecule has 4 nitrogen and oxygen atoms in total. The Morgan fingerprint density at radius 1 is 1.20 bits per heavy atom. The first kappa shape index (κ1) is 17.2.